The molecule has 8 heteroatoms. The Morgan fingerprint density at radius 3 is 2.57 bits per heavy atom. The number of hydrogen-bond donors (Lipinski definition) is 0. The van der Waals surface area contributed by atoms with Crippen LogP contribution >= 0.6 is 23.2 Å². The lowest BCUT2D eigenvalue weighted by Gasteiger charge is -2.11. The summed E-state index contributed by atoms with van der Waals surface area (Å²) in [6.07, 6.45) is 0. The van der Waals surface area contributed by atoms with Gasteiger partial charge in [0.1, 0.15) is 10.8 Å². The zero-order chi connectivity index (χ0) is 16.6. The summed E-state index contributed by atoms with van der Waals surface area (Å²) < 4.78 is 40.7. The van der Waals surface area contributed by atoms with E-state index >= 15 is 0 Å². The monoisotopic (exact) mass is 374 g/mol. The Morgan fingerprint density at radius 1 is 1.09 bits per heavy atom. The Kier molecular flexibility index (Phi) is 4.31. The predicted molar refractivity (Wildman–Crippen MR) is 86.5 cm³/mol. The van der Waals surface area contributed by atoms with Gasteiger partial charge >= 0.3 is 0 Å². The molecule has 23 heavy (non-hydrogen) atoms. The van der Waals surface area contributed by atoms with Crippen LogP contribution in [0.4, 0.5) is 0 Å². The number of halogens is 2. The van der Waals surface area contributed by atoms with E-state index in [1.165, 1.54) is 19.2 Å². The largest absolute Gasteiger partial charge is 0.495 e. The second kappa shape index (κ2) is 6.11. The zero-order valence-electron chi connectivity index (χ0n) is 12.0. The highest BCUT2D eigenvalue weighted by Gasteiger charge is 2.23. The van der Waals surface area contributed by atoms with Crippen molar-refractivity contribution in [3.05, 3.63) is 45.9 Å². The van der Waals surface area contributed by atoms with Crippen LogP contribution < -0.4 is 14.2 Å². The molecule has 0 radical (unpaired) electrons. The van der Waals surface area contributed by atoms with Gasteiger partial charge in [0.25, 0.3) is 0 Å². The van der Waals surface area contributed by atoms with E-state index in [-0.39, 0.29) is 27.5 Å². The second-order valence-corrected chi connectivity index (χ2v) is 7.55. The molecule has 5 nitrogen and oxygen atoms in total. The van der Waals surface area contributed by atoms with Crippen LogP contribution in [0.1, 0.15) is 5.56 Å². The molecular formula is C15H12Cl2O5S. The molecule has 122 valence electrons. The van der Waals surface area contributed by atoms with Crippen molar-refractivity contribution in [2.45, 2.75) is 10.6 Å². The van der Waals surface area contributed by atoms with Crippen molar-refractivity contribution in [3.63, 3.8) is 0 Å². The van der Waals surface area contributed by atoms with Crippen LogP contribution in [0.25, 0.3) is 0 Å². The maximum atomic E-state index is 12.6. The molecule has 1 aliphatic rings. The molecule has 0 atom stereocenters. The second-order valence-electron chi connectivity index (χ2n) is 4.84. The van der Waals surface area contributed by atoms with Gasteiger partial charge in [0, 0.05) is 0 Å². The summed E-state index contributed by atoms with van der Waals surface area (Å²) in [5.41, 5.74) is 0.567. The van der Waals surface area contributed by atoms with Crippen LogP contribution in [0.5, 0.6) is 17.2 Å². The van der Waals surface area contributed by atoms with Crippen molar-refractivity contribution >= 4 is 33.0 Å². The van der Waals surface area contributed by atoms with E-state index in [2.05, 4.69) is 0 Å². The van der Waals surface area contributed by atoms with Crippen molar-refractivity contribution in [2.75, 3.05) is 13.9 Å². The number of fused-ring (bicyclic) bond motifs is 1. The first-order valence-corrected chi connectivity index (χ1v) is 8.96. The summed E-state index contributed by atoms with van der Waals surface area (Å²) in [6.45, 7) is 0.130. The Bertz CT molecular complexity index is 864. The Balaban J connectivity index is 1.95. The Morgan fingerprint density at radius 2 is 1.83 bits per heavy atom. The number of benzene rings is 2. The molecule has 0 fully saturated rings. The molecule has 0 N–H and O–H groups in total. The van der Waals surface area contributed by atoms with Crippen molar-refractivity contribution in [1.29, 1.82) is 0 Å². The van der Waals surface area contributed by atoms with Gasteiger partial charge in [-0.2, -0.15) is 0 Å². The summed E-state index contributed by atoms with van der Waals surface area (Å²) in [7, 11) is -2.25. The quantitative estimate of drug-likeness (QED) is 0.816. The number of hydrogen-bond acceptors (Lipinski definition) is 5. The minimum Gasteiger partial charge on any atom is -0.495 e. The molecule has 3 rings (SSSR count). The van der Waals surface area contributed by atoms with Crippen LogP contribution in [0, 0.1) is 0 Å². The minimum absolute atomic E-state index is 0.0392. The van der Waals surface area contributed by atoms with E-state index < -0.39 is 9.84 Å². The Labute approximate surface area is 143 Å². The summed E-state index contributed by atoms with van der Waals surface area (Å²) in [5, 5.41) is 0.0210. The van der Waals surface area contributed by atoms with Crippen LogP contribution in [0.2, 0.25) is 10.0 Å². The van der Waals surface area contributed by atoms with E-state index in [1.54, 1.807) is 18.2 Å². The van der Waals surface area contributed by atoms with E-state index in [0.29, 0.717) is 22.8 Å². The van der Waals surface area contributed by atoms with Gasteiger partial charge in [-0.05, 0) is 29.8 Å². The maximum Gasteiger partial charge on any atom is 0.231 e. The lowest BCUT2D eigenvalue weighted by molar-refractivity contribution is 0.174. The fraction of sp³-hybridized carbons (Fsp3) is 0.200. The van der Waals surface area contributed by atoms with Gasteiger partial charge in [-0.1, -0.05) is 29.3 Å². The third-order valence-corrected chi connectivity index (χ3v) is 6.06. The van der Waals surface area contributed by atoms with Crippen molar-refractivity contribution in [3.8, 4) is 17.2 Å². The highest BCUT2D eigenvalue weighted by atomic mass is 35.5. The number of rotatable bonds is 4. The smallest absolute Gasteiger partial charge is 0.231 e. The van der Waals surface area contributed by atoms with Crippen LogP contribution in [-0.4, -0.2) is 22.3 Å². The minimum atomic E-state index is -3.68. The summed E-state index contributed by atoms with van der Waals surface area (Å²) in [4.78, 5) is -0.0392. The first kappa shape index (κ1) is 16.2. The summed E-state index contributed by atoms with van der Waals surface area (Å²) >= 11 is 12.1. The SMILES string of the molecule is COc1ccc(S(=O)(=O)Cc2ccc3c(c2)OCO3)c(Cl)c1Cl. The molecule has 1 aliphatic heterocycles. The summed E-state index contributed by atoms with van der Waals surface area (Å²) in [5.74, 6) is 1.21. The predicted octanol–water partition coefficient (Wildman–Crippen LogP) is 3.70. The molecule has 0 spiro atoms. The van der Waals surface area contributed by atoms with Crippen molar-refractivity contribution in [1.82, 2.24) is 0 Å². The van der Waals surface area contributed by atoms with Crippen molar-refractivity contribution in [2.24, 2.45) is 0 Å². The molecule has 2 aromatic carbocycles. The first-order chi connectivity index (χ1) is 10.9. The third kappa shape index (κ3) is 3.06. The van der Waals surface area contributed by atoms with Gasteiger partial charge in [0.05, 0.1) is 22.8 Å². The fourth-order valence-electron chi connectivity index (χ4n) is 2.24. The van der Waals surface area contributed by atoms with Crippen LogP contribution in [-0.2, 0) is 15.6 Å². The zero-order valence-corrected chi connectivity index (χ0v) is 14.3. The molecule has 0 amide bonds. The fourth-order valence-corrected chi connectivity index (χ4v) is 4.47. The average molecular weight is 375 g/mol. The lowest BCUT2D eigenvalue weighted by atomic mass is 10.2. The standard InChI is InChI=1S/C15H12Cl2O5S/c1-20-11-4-5-13(15(17)14(11)16)23(18,19)7-9-2-3-10-12(6-9)22-8-21-10/h2-6H,7-8H2,1H3. The van der Waals surface area contributed by atoms with E-state index in [4.69, 9.17) is 37.4 Å². The maximum absolute atomic E-state index is 12.6. The van der Waals surface area contributed by atoms with Gasteiger partial charge < -0.3 is 14.2 Å². The van der Waals surface area contributed by atoms with E-state index in [1.807, 2.05) is 0 Å². The highest BCUT2D eigenvalue weighted by Crippen LogP contribution is 2.38. The van der Waals surface area contributed by atoms with Gasteiger partial charge in [0.2, 0.25) is 6.79 Å². The molecule has 0 aromatic heterocycles. The molecule has 0 saturated carbocycles. The number of methoxy groups -OCH3 is 1. The van der Waals surface area contributed by atoms with Gasteiger partial charge in [0.15, 0.2) is 21.3 Å². The summed E-state index contributed by atoms with van der Waals surface area (Å²) in [6, 6.07) is 7.84. The molecular weight excluding hydrogens is 363 g/mol. The average Bonchev–Trinajstić information content (AvgIpc) is 2.96. The van der Waals surface area contributed by atoms with Gasteiger partial charge in [-0.15, -0.1) is 0 Å². The topological polar surface area (TPSA) is 61.8 Å². The molecule has 2 aromatic rings. The molecule has 0 bridgehead atoms. The van der Waals surface area contributed by atoms with E-state index in [9.17, 15) is 8.42 Å². The normalized spacial score (nSPS) is 13.2. The number of sulfone groups is 1. The van der Waals surface area contributed by atoms with Crippen LogP contribution in [0.3, 0.4) is 0 Å². The van der Waals surface area contributed by atoms with Gasteiger partial charge in [-0.3, -0.25) is 0 Å². The molecule has 1 heterocycles. The Hall–Kier alpha value is -1.63. The van der Waals surface area contributed by atoms with Crippen molar-refractivity contribution < 1.29 is 22.6 Å². The highest BCUT2D eigenvalue weighted by molar-refractivity contribution is 7.90. The molecule has 0 unspecified atom stereocenters. The van der Waals surface area contributed by atoms with Gasteiger partial charge in [-0.25, -0.2) is 8.42 Å². The lowest BCUT2D eigenvalue weighted by Crippen LogP contribution is -2.06. The molecule has 0 aliphatic carbocycles. The van der Waals surface area contributed by atoms with E-state index in [0.717, 1.165) is 0 Å². The van der Waals surface area contributed by atoms with Crippen LogP contribution in [0.15, 0.2) is 35.2 Å². The number of ether oxygens (including phenoxy) is 3. The third-order valence-electron chi connectivity index (χ3n) is 3.36. The molecule has 0 saturated heterocycles. The first-order valence-electron chi connectivity index (χ1n) is 6.55.